The molecule has 4 rings (SSSR count). The molecule has 2 fully saturated rings. The van der Waals surface area contributed by atoms with Crippen LogP contribution >= 0.6 is 0 Å². The summed E-state index contributed by atoms with van der Waals surface area (Å²) < 4.78 is 32.2. The van der Waals surface area contributed by atoms with E-state index in [9.17, 15) is 14.4 Å². The van der Waals surface area contributed by atoms with Gasteiger partial charge in [0.15, 0.2) is 0 Å². The Morgan fingerprint density at radius 2 is 1.64 bits per heavy atom. The van der Waals surface area contributed by atoms with E-state index < -0.39 is 23.6 Å². The Morgan fingerprint density at radius 1 is 0.978 bits per heavy atom. The molecule has 3 amide bonds. The fourth-order valence-corrected chi connectivity index (χ4v) is 5.74. The van der Waals surface area contributed by atoms with Crippen molar-refractivity contribution in [3.63, 3.8) is 0 Å². The third kappa shape index (κ3) is 9.83. The summed E-state index contributed by atoms with van der Waals surface area (Å²) in [5.74, 6) is 0.394. The van der Waals surface area contributed by atoms with Gasteiger partial charge in [-0.05, 0) is 108 Å². The summed E-state index contributed by atoms with van der Waals surface area (Å²) >= 11 is 0. The molecule has 9 nitrogen and oxygen atoms in total. The SMILES string of the molecule is CC(C)OC(=O)N1CCC(COc2ccc(-c3ccc(C[C@H](NC(=O)OC(C)(C)C)C(=O)N4CCC[C@H]4C)c(F)c3)cc2)CC1. The normalized spacial score (nSPS) is 18.1. The van der Waals surface area contributed by atoms with Crippen molar-refractivity contribution >= 4 is 18.1 Å². The summed E-state index contributed by atoms with van der Waals surface area (Å²) in [6, 6.07) is 11.6. The first kappa shape index (κ1) is 34.1. The molecule has 0 radical (unpaired) electrons. The van der Waals surface area contributed by atoms with E-state index in [0.717, 1.165) is 37.0 Å². The van der Waals surface area contributed by atoms with Gasteiger partial charge in [0.1, 0.15) is 23.2 Å². The Labute approximate surface area is 266 Å². The average Bonchev–Trinajstić information content (AvgIpc) is 3.41. The van der Waals surface area contributed by atoms with Gasteiger partial charge in [-0.25, -0.2) is 14.0 Å². The van der Waals surface area contributed by atoms with Gasteiger partial charge in [0.05, 0.1) is 12.7 Å². The Balaban J connectivity index is 1.35. The van der Waals surface area contributed by atoms with Gasteiger partial charge >= 0.3 is 12.2 Å². The highest BCUT2D eigenvalue weighted by Crippen LogP contribution is 2.27. The molecule has 2 aliphatic heterocycles. The fourth-order valence-electron chi connectivity index (χ4n) is 5.74. The number of hydrogen-bond donors (Lipinski definition) is 1. The van der Waals surface area contributed by atoms with Gasteiger partial charge in [-0.2, -0.15) is 0 Å². The number of piperidine rings is 1. The molecule has 2 saturated heterocycles. The predicted molar refractivity (Wildman–Crippen MR) is 171 cm³/mol. The first-order chi connectivity index (χ1) is 21.3. The predicted octanol–water partition coefficient (Wildman–Crippen LogP) is 6.58. The van der Waals surface area contributed by atoms with E-state index in [0.29, 0.717) is 43.3 Å². The average molecular weight is 626 g/mol. The van der Waals surface area contributed by atoms with E-state index in [1.54, 1.807) is 36.6 Å². The minimum atomic E-state index is -0.946. The molecule has 246 valence electrons. The van der Waals surface area contributed by atoms with Crippen molar-refractivity contribution in [1.29, 1.82) is 0 Å². The van der Waals surface area contributed by atoms with E-state index in [-0.39, 0.29) is 30.6 Å². The number of carbonyl (C=O) groups is 3. The molecule has 2 atom stereocenters. The topological polar surface area (TPSA) is 97.4 Å². The Kier molecular flexibility index (Phi) is 11.3. The number of halogens is 1. The van der Waals surface area contributed by atoms with Crippen LogP contribution in [0.25, 0.3) is 11.1 Å². The molecule has 10 heteroatoms. The van der Waals surface area contributed by atoms with Crippen LogP contribution < -0.4 is 10.1 Å². The third-order valence-electron chi connectivity index (χ3n) is 8.18. The number of carbonyl (C=O) groups excluding carboxylic acids is 3. The summed E-state index contributed by atoms with van der Waals surface area (Å²) in [5.41, 5.74) is 1.13. The Morgan fingerprint density at radius 3 is 2.22 bits per heavy atom. The number of hydrogen-bond acceptors (Lipinski definition) is 6. The molecule has 0 unspecified atom stereocenters. The van der Waals surface area contributed by atoms with Gasteiger partial charge < -0.3 is 29.3 Å². The number of nitrogens with zero attached hydrogens (tertiary/aromatic N) is 2. The van der Waals surface area contributed by atoms with Crippen LogP contribution in [0, 0.1) is 11.7 Å². The standard InChI is InChI=1S/C35H48FN3O6/c1-23(2)44-34(42)38-18-15-25(16-19-38)22-43-29-13-11-26(12-14-29)27-9-10-28(30(36)20-27)21-31(37-33(41)45-35(4,5)6)32(40)39-17-7-8-24(39)3/h9-14,20,23-25,31H,7-8,15-19,21-22H2,1-6H3,(H,37,41)/t24-,31+/m1/s1. The zero-order valence-corrected chi connectivity index (χ0v) is 27.4. The molecular formula is C35H48FN3O6. The third-order valence-corrected chi connectivity index (χ3v) is 8.18. The maximum atomic E-state index is 15.4. The largest absolute Gasteiger partial charge is 0.493 e. The van der Waals surface area contributed by atoms with Crippen molar-refractivity contribution in [3.8, 4) is 16.9 Å². The monoisotopic (exact) mass is 625 g/mol. The van der Waals surface area contributed by atoms with Crippen LogP contribution in [0.3, 0.4) is 0 Å². The molecule has 2 aliphatic rings. The molecule has 0 bridgehead atoms. The summed E-state index contributed by atoms with van der Waals surface area (Å²) in [6.45, 7) is 13.4. The minimum Gasteiger partial charge on any atom is -0.493 e. The highest BCUT2D eigenvalue weighted by atomic mass is 19.1. The number of amides is 3. The number of alkyl carbamates (subject to hydrolysis) is 1. The molecule has 0 aliphatic carbocycles. The lowest BCUT2D eigenvalue weighted by atomic mass is 9.98. The first-order valence-corrected chi connectivity index (χ1v) is 16.1. The van der Waals surface area contributed by atoms with Crippen molar-refractivity contribution in [2.75, 3.05) is 26.2 Å². The zero-order valence-electron chi connectivity index (χ0n) is 27.4. The van der Waals surface area contributed by atoms with E-state index in [2.05, 4.69) is 5.32 Å². The lowest BCUT2D eigenvalue weighted by Crippen LogP contribution is -2.51. The number of rotatable bonds is 9. The molecule has 0 spiro atoms. The highest BCUT2D eigenvalue weighted by Gasteiger charge is 2.33. The molecular weight excluding hydrogens is 577 g/mol. The van der Waals surface area contributed by atoms with E-state index in [4.69, 9.17) is 14.2 Å². The van der Waals surface area contributed by atoms with Gasteiger partial charge in [0.25, 0.3) is 0 Å². The van der Waals surface area contributed by atoms with Gasteiger partial charge in [-0.1, -0.05) is 24.3 Å². The number of likely N-dealkylation sites (tertiary alicyclic amines) is 2. The maximum absolute atomic E-state index is 15.4. The smallest absolute Gasteiger partial charge is 0.410 e. The number of nitrogens with one attached hydrogen (secondary N) is 1. The summed E-state index contributed by atoms with van der Waals surface area (Å²) in [6.07, 6.45) is 2.42. The molecule has 0 aromatic heterocycles. The molecule has 1 N–H and O–H groups in total. The second-order valence-corrected chi connectivity index (χ2v) is 13.4. The molecule has 2 aromatic carbocycles. The molecule has 2 heterocycles. The second kappa shape index (κ2) is 15.0. The van der Waals surface area contributed by atoms with Crippen molar-refractivity contribution < 1.29 is 33.0 Å². The second-order valence-electron chi connectivity index (χ2n) is 13.4. The maximum Gasteiger partial charge on any atom is 0.410 e. The Hall–Kier alpha value is -3.82. The van der Waals surface area contributed by atoms with Crippen molar-refractivity contribution in [1.82, 2.24) is 15.1 Å². The fraction of sp³-hybridized carbons (Fsp3) is 0.571. The van der Waals surface area contributed by atoms with Crippen molar-refractivity contribution in [3.05, 3.63) is 53.8 Å². The summed E-state index contributed by atoms with van der Waals surface area (Å²) in [5, 5.41) is 2.69. The highest BCUT2D eigenvalue weighted by molar-refractivity contribution is 5.86. The van der Waals surface area contributed by atoms with E-state index in [1.807, 2.05) is 51.1 Å². The summed E-state index contributed by atoms with van der Waals surface area (Å²) in [7, 11) is 0. The molecule has 2 aromatic rings. The van der Waals surface area contributed by atoms with Crippen LogP contribution in [-0.2, 0) is 20.7 Å². The van der Waals surface area contributed by atoms with Gasteiger partial charge in [-0.15, -0.1) is 0 Å². The van der Waals surface area contributed by atoms with Gasteiger partial charge in [0.2, 0.25) is 5.91 Å². The quantitative estimate of drug-likeness (QED) is 0.338. The first-order valence-electron chi connectivity index (χ1n) is 16.1. The lowest BCUT2D eigenvalue weighted by molar-refractivity contribution is -0.134. The summed E-state index contributed by atoms with van der Waals surface area (Å²) in [4.78, 5) is 41.6. The molecule has 0 saturated carbocycles. The van der Waals surface area contributed by atoms with Crippen LogP contribution in [0.15, 0.2) is 42.5 Å². The van der Waals surface area contributed by atoms with E-state index >= 15 is 4.39 Å². The van der Waals surface area contributed by atoms with E-state index in [1.165, 1.54) is 6.07 Å². The van der Waals surface area contributed by atoms with Crippen LogP contribution in [0.4, 0.5) is 14.0 Å². The van der Waals surface area contributed by atoms with Gasteiger partial charge in [-0.3, -0.25) is 4.79 Å². The minimum absolute atomic E-state index is 0.0119. The zero-order chi connectivity index (χ0) is 32.7. The lowest BCUT2D eigenvalue weighted by Gasteiger charge is -2.31. The number of benzene rings is 2. The van der Waals surface area contributed by atoms with Crippen LogP contribution in [0.5, 0.6) is 5.75 Å². The molecule has 45 heavy (non-hydrogen) atoms. The van der Waals surface area contributed by atoms with Gasteiger partial charge in [0, 0.05) is 32.1 Å². The Bertz CT molecular complexity index is 1320. The van der Waals surface area contributed by atoms with Crippen LogP contribution in [-0.4, -0.2) is 77.9 Å². The van der Waals surface area contributed by atoms with Crippen molar-refractivity contribution in [2.24, 2.45) is 5.92 Å². The van der Waals surface area contributed by atoms with Crippen LogP contribution in [0.2, 0.25) is 0 Å². The van der Waals surface area contributed by atoms with Crippen molar-refractivity contribution in [2.45, 2.75) is 97.4 Å². The number of ether oxygens (including phenoxy) is 3. The van der Waals surface area contributed by atoms with Crippen LogP contribution in [0.1, 0.15) is 72.8 Å².